The van der Waals surface area contributed by atoms with Crippen molar-refractivity contribution in [2.45, 2.75) is 41.9 Å². The van der Waals surface area contributed by atoms with Crippen LogP contribution in [0.15, 0.2) is 249 Å². The lowest BCUT2D eigenvalue weighted by atomic mass is 9.57. The van der Waals surface area contributed by atoms with Crippen LogP contribution in [0.3, 0.4) is 0 Å². The summed E-state index contributed by atoms with van der Waals surface area (Å²) in [4.78, 5) is 2.54. The van der Waals surface area contributed by atoms with Crippen molar-refractivity contribution in [1.82, 2.24) is 0 Å². The molecule has 0 bridgehead atoms. The minimum atomic E-state index is -0.513. The van der Waals surface area contributed by atoms with Crippen molar-refractivity contribution in [3.8, 4) is 44.5 Å². The van der Waals surface area contributed by atoms with Gasteiger partial charge in [-0.3, -0.25) is 0 Å². The number of benzene rings is 10. The predicted octanol–water partition coefficient (Wildman–Crippen LogP) is 17.0. The van der Waals surface area contributed by atoms with Crippen LogP contribution in [0.1, 0.15) is 70.2 Å². The molecule has 4 aliphatic rings. The van der Waals surface area contributed by atoms with Crippen LogP contribution >= 0.6 is 0 Å². The number of rotatable bonds is 6. The Hall–Kier alpha value is -8.00. The van der Waals surface area contributed by atoms with Crippen molar-refractivity contribution >= 4 is 17.1 Å². The van der Waals surface area contributed by atoms with Gasteiger partial charge in [0, 0.05) is 27.9 Å². The van der Waals surface area contributed by atoms with Crippen LogP contribution in [0.5, 0.6) is 0 Å². The maximum Gasteiger partial charge on any atom is 0.0714 e. The molecule has 0 radical (unpaired) electrons. The minimum absolute atomic E-state index is 0.0175. The normalized spacial score (nSPS) is 15.8. The molecule has 4 aliphatic carbocycles. The largest absolute Gasteiger partial charge is 0.310 e. The van der Waals surface area contributed by atoms with Crippen LogP contribution in [0, 0.1) is 0 Å². The topological polar surface area (TPSA) is 3.24 Å². The Kier molecular flexibility index (Phi) is 8.65. The number of nitrogens with zero attached hydrogens (tertiary/aromatic N) is 1. The van der Waals surface area contributed by atoms with Crippen molar-refractivity contribution in [3.05, 3.63) is 293 Å². The number of anilines is 3. The van der Waals surface area contributed by atoms with E-state index in [2.05, 4.69) is 254 Å². The molecule has 0 aliphatic heterocycles. The molecule has 10 aromatic rings. The first-order valence-corrected chi connectivity index (χ1v) is 24.4. The van der Waals surface area contributed by atoms with E-state index >= 15 is 0 Å². The molecule has 14 rings (SSSR count). The summed E-state index contributed by atoms with van der Waals surface area (Å²) >= 11 is 0. The molecule has 0 saturated heterocycles. The van der Waals surface area contributed by atoms with Gasteiger partial charge in [0.1, 0.15) is 0 Å². The van der Waals surface area contributed by atoms with Gasteiger partial charge in [-0.15, -0.1) is 0 Å². The van der Waals surface area contributed by atoms with Crippen LogP contribution in [0.25, 0.3) is 44.5 Å². The average molecular weight is 868 g/mol. The third kappa shape index (κ3) is 5.45. The van der Waals surface area contributed by atoms with E-state index < -0.39 is 5.41 Å². The fraction of sp³-hybridized carbons (Fsp3) is 0.104. The highest BCUT2D eigenvalue weighted by molar-refractivity contribution is 5.92. The summed E-state index contributed by atoms with van der Waals surface area (Å²) in [5.74, 6) is 0. The second-order valence-electron chi connectivity index (χ2n) is 19.5. The van der Waals surface area contributed by atoms with E-state index in [1.54, 1.807) is 0 Å². The second kappa shape index (κ2) is 15.0. The standard InChI is InChI=1S/C67H49N/c1-4-19-46(20-5-1)47-21-18-26-50(43-47)68(52-36-38-58-56-30-13-17-34-62(56)67(64(58)45-52,48-22-6-2-7-23-48)49-24-8-3-9-25-49)51-35-37-57-55-29-12-16-33-61(55)66(63(57)44-51)41-39-65(40-42-66)59-31-14-10-27-53(59)54-28-11-15-32-60(54)65/h1-38,43-45H,39-42H2. The van der Waals surface area contributed by atoms with Gasteiger partial charge in [-0.05, 0) is 151 Å². The van der Waals surface area contributed by atoms with Gasteiger partial charge in [-0.25, -0.2) is 0 Å². The van der Waals surface area contributed by atoms with Gasteiger partial charge in [0.25, 0.3) is 0 Å². The summed E-state index contributed by atoms with van der Waals surface area (Å²) in [6, 6.07) is 93.9. The maximum atomic E-state index is 2.59. The molecule has 1 fully saturated rings. The zero-order valence-electron chi connectivity index (χ0n) is 37.9. The van der Waals surface area contributed by atoms with Crippen molar-refractivity contribution in [2.75, 3.05) is 4.90 Å². The molecule has 0 unspecified atom stereocenters. The van der Waals surface area contributed by atoms with Crippen molar-refractivity contribution in [3.63, 3.8) is 0 Å². The molecular formula is C67H49N. The van der Waals surface area contributed by atoms with Crippen LogP contribution in [-0.2, 0) is 16.2 Å². The highest BCUT2D eigenvalue weighted by Gasteiger charge is 2.53. The molecule has 0 amide bonds. The molecule has 0 heterocycles. The monoisotopic (exact) mass is 867 g/mol. The molecule has 322 valence electrons. The molecule has 0 aromatic heterocycles. The van der Waals surface area contributed by atoms with E-state index in [9.17, 15) is 0 Å². The SMILES string of the molecule is c1ccc(-c2cccc(N(c3ccc4c(c3)C3(CCC5(CC3)c3ccccc3-c3ccccc35)c3ccccc3-4)c3ccc4c(c3)C(c3ccccc3)(c3ccccc3)c3ccccc3-4)c2)cc1. The first-order chi connectivity index (χ1) is 33.7. The number of hydrogen-bond acceptors (Lipinski definition) is 1. The van der Waals surface area contributed by atoms with Crippen molar-refractivity contribution < 1.29 is 0 Å². The van der Waals surface area contributed by atoms with Crippen LogP contribution in [-0.4, -0.2) is 0 Å². The van der Waals surface area contributed by atoms with Crippen LogP contribution in [0.4, 0.5) is 17.1 Å². The van der Waals surface area contributed by atoms with Gasteiger partial charge in [0.05, 0.1) is 5.41 Å². The molecule has 1 nitrogen and oxygen atoms in total. The van der Waals surface area contributed by atoms with E-state index in [4.69, 9.17) is 0 Å². The Balaban J connectivity index is 0.970. The third-order valence-electron chi connectivity index (χ3n) is 16.6. The van der Waals surface area contributed by atoms with Gasteiger partial charge in [0.2, 0.25) is 0 Å². The lowest BCUT2D eigenvalue weighted by Crippen LogP contribution is -2.39. The molecule has 1 saturated carbocycles. The third-order valence-corrected chi connectivity index (χ3v) is 16.6. The van der Waals surface area contributed by atoms with Crippen molar-refractivity contribution in [1.29, 1.82) is 0 Å². The predicted molar refractivity (Wildman–Crippen MR) is 281 cm³/mol. The molecule has 1 heteroatoms. The van der Waals surface area contributed by atoms with E-state index in [1.165, 1.54) is 94.7 Å². The summed E-state index contributed by atoms with van der Waals surface area (Å²) < 4.78 is 0. The fourth-order valence-corrected chi connectivity index (χ4v) is 13.7. The zero-order valence-corrected chi connectivity index (χ0v) is 37.9. The summed E-state index contributed by atoms with van der Waals surface area (Å²) in [6.45, 7) is 0. The second-order valence-corrected chi connectivity index (χ2v) is 19.5. The summed E-state index contributed by atoms with van der Waals surface area (Å²) in [5.41, 5.74) is 24.6. The first kappa shape index (κ1) is 39.2. The summed E-state index contributed by atoms with van der Waals surface area (Å²) in [6.07, 6.45) is 4.38. The zero-order chi connectivity index (χ0) is 44.9. The van der Waals surface area contributed by atoms with Gasteiger partial charge >= 0.3 is 0 Å². The minimum Gasteiger partial charge on any atom is -0.310 e. The van der Waals surface area contributed by atoms with Crippen LogP contribution in [0.2, 0.25) is 0 Å². The molecule has 2 spiro atoms. The van der Waals surface area contributed by atoms with Gasteiger partial charge in [-0.1, -0.05) is 212 Å². The number of fused-ring (bicyclic) bond motifs is 13. The fourth-order valence-electron chi connectivity index (χ4n) is 13.7. The highest BCUT2D eigenvalue weighted by Crippen LogP contribution is 2.64. The molecule has 0 atom stereocenters. The Morgan fingerprint density at radius 1 is 0.250 bits per heavy atom. The molecular weight excluding hydrogens is 819 g/mol. The Morgan fingerprint density at radius 3 is 1.15 bits per heavy atom. The summed E-state index contributed by atoms with van der Waals surface area (Å²) in [5, 5.41) is 0. The quantitative estimate of drug-likeness (QED) is 0.161. The van der Waals surface area contributed by atoms with Gasteiger partial charge in [-0.2, -0.15) is 0 Å². The van der Waals surface area contributed by atoms with Crippen LogP contribution < -0.4 is 4.90 Å². The Bertz CT molecular complexity index is 3490. The smallest absolute Gasteiger partial charge is 0.0714 e. The Labute approximate surface area is 399 Å². The van der Waals surface area contributed by atoms with Crippen molar-refractivity contribution in [2.24, 2.45) is 0 Å². The number of hydrogen-bond donors (Lipinski definition) is 0. The average Bonchev–Trinajstić information content (AvgIpc) is 3.97. The van der Waals surface area contributed by atoms with Gasteiger partial charge < -0.3 is 4.90 Å². The van der Waals surface area contributed by atoms with E-state index in [-0.39, 0.29) is 10.8 Å². The van der Waals surface area contributed by atoms with Gasteiger partial charge in [0.15, 0.2) is 0 Å². The molecule has 0 N–H and O–H groups in total. The lowest BCUT2D eigenvalue weighted by Gasteiger charge is -2.45. The van der Waals surface area contributed by atoms with E-state index in [1.807, 2.05) is 0 Å². The summed E-state index contributed by atoms with van der Waals surface area (Å²) in [7, 11) is 0. The highest BCUT2D eigenvalue weighted by atomic mass is 15.1. The van der Waals surface area contributed by atoms with E-state index in [0.29, 0.717) is 0 Å². The first-order valence-electron chi connectivity index (χ1n) is 24.4. The Morgan fingerprint density at radius 2 is 0.618 bits per heavy atom. The molecule has 68 heavy (non-hydrogen) atoms. The van der Waals surface area contributed by atoms with E-state index in [0.717, 1.165) is 37.1 Å². The maximum absolute atomic E-state index is 2.59. The molecule has 10 aromatic carbocycles. The lowest BCUT2D eigenvalue weighted by molar-refractivity contribution is 0.265.